The van der Waals surface area contributed by atoms with Gasteiger partial charge in [0.1, 0.15) is 24.7 Å². The molecule has 33 heavy (non-hydrogen) atoms. The third-order valence-electron chi connectivity index (χ3n) is 6.59. The number of hydrogen-bond donors (Lipinski definition) is 1. The first kappa shape index (κ1) is 24.6. The van der Waals surface area contributed by atoms with Crippen LogP contribution < -0.4 is 9.47 Å². The van der Waals surface area contributed by atoms with E-state index in [9.17, 15) is 5.11 Å². The maximum atomic E-state index is 11.1. The molecule has 2 fully saturated rings. The molecule has 1 N–H and O–H groups in total. The second-order valence-corrected chi connectivity index (χ2v) is 10.1. The number of rotatable bonds is 9. The predicted octanol–water partition coefficient (Wildman–Crippen LogP) is 5.26. The van der Waals surface area contributed by atoms with Gasteiger partial charge in [0.25, 0.3) is 0 Å². The number of halogens is 2. The molecule has 2 saturated heterocycles. The fraction of sp³-hybridized carbons (Fsp3) is 0.538. The fourth-order valence-corrected chi connectivity index (χ4v) is 4.90. The molecule has 4 rings (SSSR count). The lowest BCUT2D eigenvalue weighted by molar-refractivity contribution is -0.0168. The molecule has 0 bridgehead atoms. The van der Waals surface area contributed by atoms with Crippen LogP contribution in [0.5, 0.6) is 11.5 Å². The van der Waals surface area contributed by atoms with E-state index in [4.69, 9.17) is 32.7 Å². The van der Waals surface area contributed by atoms with E-state index in [1.54, 1.807) is 18.2 Å². The number of nitrogens with zero attached hydrogens (tertiary/aromatic N) is 2. The van der Waals surface area contributed by atoms with Crippen LogP contribution in [0.2, 0.25) is 10.0 Å². The van der Waals surface area contributed by atoms with Gasteiger partial charge in [-0.15, -0.1) is 0 Å². The highest BCUT2D eigenvalue weighted by Gasteiger charge is 2.31. The van der Waals surface area contributed by atoms with E-state index < -0.39 is 5.60 Å². The van der Waals surface area contributed by atoms with Gasteiger partial charge in [0.05, 0.1) is 15.6 Å². The quantitative estimate of drug-likeness (QED) is 0.516. The topological polar surface area (TPSA) is 45.2 Å². The van der Waals surface area contributed by atoms with Crippen molar-refractivity contribution in [2.45, 2.75) is 44.2 Å². The first-order chi connectivity index (χ1) is 16.0. The zero-order valence-corrected chi connectivity index (χ0v) is 20.7. The van der Waals surface area contributed by atoms with Crippen molar-refractivity contribution in [1.29, 1.82) is 0 Å². The molecular formula is C26H34Cl2N2O3. The van der Waals surface area contributed by atoms with Gasteiger partial charge in [0, 0.05) is 25.7 Å². The lowest BCUT2D eigenvalue weighted by Gasteiger charge is -2.27. The molecule has 5 nitrogen and oxygen atoms in total. The molecule has 0 spiro atoms. The Hall–Kier alpha value is -1.50. The van der Waals surface area contributed by atoms with Crippen LogP contribution in [0.4, 0.5) is 0 Å². The van der Waals surface area contributed by atoms with Crippen molar-refractivity contribution in [2.75, 3.05) is 45.9 Å². The maximum Gasteiger partial charge on any atom is 0.121 e. The van der Waals surface area contributed by atoms with Crippen LogP contribution in [0, 0.1) is 0 Å². The minimum atomic E-state index is -0.846. The second kappa shape index (κ2) is 11.8. The summed E-state index contributed by atoms with van der Waals surface area (Å²) in [6.07, 6.45) is 4.92. The number of likely N-dealkylation sites (tertiary alicyclic amines) is 2. The molecule has 0 saturated carbocycles. The highest BCUT2D eigenvalue weighted by molar-refractivity contribution is 6.42. The van der Waals surface area contributed by atoms with Crippen LogP contribution in [-0.4, -0.2) is 66.4 Å². The van der Waals surface area contributed by atoms with Crippen LogP contribution >= 0.6 is 23.2 Å². The molecule has 0 amide bonds. The van der Waals surface area contributed by atoms with Crippen molar-refractivity contribution in [3.8, 4) is 11.5 Å². The van der Waals surface area contributed by atoms with E-state index in [2.05, 4.69) is 28.0 Å². The van der Waals surface area contributed by atoms with Gasteiger partial charge < -0.3 is 14.6 Å². The molecule has 7 heteroatoms. The van der Waals surface area contributed by atoms with E-state index in [1.807, 2.05) is 6.07 Å². The van der Waals surface area contributed by atoms with Crippen molar-refractivity contribution in [1.82, 2.24) is 9.80 Å². The van der Waals surface area contributed by atoms with Gasteiger partial charge in [0.15, 0.2) is 0 Å². The average Bonchev–Trinajstić information content (AvgIpc) is 3.25. The van der Waals surface area contributed by atoms with Gasteiger partial charge in [-0.1, -0.05) is 35.3 Å². The second-order valence-electron chi connectivity index (χ2n) is 9.26. The van der Waals surface area contributed by atoms with Crippen LogP contribution in [0.1, 0.15) is 37.7 Å². The van der Waals surface area contributed by atoms with Gasteiger partial charge in [-0.2, -0.15) is 0 Å². The summed E-state index contributed by atoms with van der Waals surface area (Å²) in [5, 5.41) is 12.1. The van der Waals surface area contributed by atoms with E-state index in [0.717, 1.165) is 45.0 Å². The smallest absolute Gasteiger partial charge is 0.121 e. The number of hydrogen-bond acceptors (Lipinski definition) is 5. The lowest BCUT2D eigenvalue weighted by atomic mass is 9.96. The summed E-state index contributed by atoms with van der Waals surface area (Å²) < 4.78 is 11.9. The Kier molecular flexibility index (Phi) is 8.78. The Morgan fingerprint density at radius 1 is 0.818 bits per heavy atom. The van der Waals surface area contributed by atoms with Crippen molar-refractivity contribution in [2.24, 2.45) is 0 Å². The Morgan fingerprint density at radius 3 is 2.42 bits per heavy atom. The van der Waals surface area contributed by atoms with Crippen molar-refractivity contribution < 1.29 is 14.6 Å². The van der Waals surface area contributed by atoms with Crippen LogP contribution in [0.3, 0.4) is 0 Å². The van der Waals surface area contributed by atoms with Gasteiger partial charge in [-0.25, -0.2) is 0 Å². The van der Waals surface area contributed by atoms with Gasteiger partial charge in [-0.05, 0) is 81.6 Å². The first-order valence-electron chi connectivity index (χ1n) is 12.0. The summed E-state index contributed by atoms with van der Waals surface area (Å²) in [7, 11) is 0. The monoisotopic (exact) mass is 492 g/mol. The number of ether oxygens (including phenoxy) is 2. The van der Waals surface area contributed by atoms with Crippen LogP contribution in [-0.2, 0) is 6.54 Å². The van der Waals surface area contributed by atoms with E-state index in [1.165, 1.54) is 31.5 Å². The largest absolute Gasteiger partial charge is 0.492 e. The summed E-state index contributed by atoms with van der Waals surface area (Å²) in [5.41, 5.74) is 0.396. The average molecular weight is 493 g/mol. The molecule has 2 heterocycles. The minimum Gasteiger partial charge on any atom is -0.492 e. The molecule has 2 aliphatic rings. The SMILES string of the molecule is O[C@]1(COc2ccc(Cl)c(Cl)c2)CCCN(Cc2cccc(OCCN3CCCC3)c2)CC1. The number of aliphatic hydroxyl groups is 1. The molecule has 0 unspecified atom stereocenters. The Morgan fingerprint density at radius 2 is 1.61 bits per heavy atom. The Bertz CT molecular complexity index is 907. The van der Waals surface area contributed by atoms with E-state index >= 15 is 0 Å². The normalized spacial score (nSPS) is 22.3. The van der Waals surface area contributed by atoms with Gasteiger partial charge in [0.2, 0.25) is 0 Å². The van der Waals surface area contributed by atoms with Crippen molar-refractivity contribution >= 4 is 23.2 Å². The summed E-state index contributed by atoms with van der Waals surface area (Å²) in [6, 6.07) is 13.6. The third kappa shape index (κ3) is 7.49. The van der Waals surface area contributed by atoms with Crippen LogP contribution in [0.15, 0.2) is 42.5 Å². The van der Waals surface area contributed by atoms with Crippen LogP contribution in [0.25, 0.3) is 0 Å². The Balaban J connectivity index is 1.24. The fourth-order valence-electron chi connectivity index (χ4n) is 4.61. The molecule has 0 radical (unpaired) electrons. The number of benzene rings is 2. The van der Waals surface area contributed by atoms with Crippen molar-refractivity contribution in [3.05, 3.63) is 58.1 Å². The zero-order chi connectivity index (χ0) is 23.1. The molecule has 1 atom stereocenters. The molecule has 2 aliphatic heterocycles. The summed E-state index contributed by atoms with van der Waals surface area (Å²) in [4.78, 5) is 4.87. The molecule has 2 aromatic carbocycles. The predicted molar refractivity (Wildman–Crippen MR) is 134 cm³/mol. The summed E-state index contributed by atoms with van der Waals surface area (Å²) >= 11 is 12.0. The van der Waals surface area contributed by atoms with Crippen molar-refractivity contribution in [3.63, 3.8) is 0 Å². The molecule has 0 aromatic heterocycles. The standard InChI is InChI=1S/C26H34Cl2N2O3/c27-24-8-7-23(18-25(24)28)33-20-26(31)9-4-13-30(14-10-26)19-21-5-3-6-22(17-21)32-16-15-29-11-1-2-12-29/h3,5-8,17-18,31H,1-2,4,9-16,19-20H2/t26-/m1/s1. The molecule has 2 aromatic rings. The summed E-state index contributed by atoms with van der Waals surface area (Å²) in [5.74, 6) is 1.56. The summed E-state index contributed by atoms with van der Waals surface area (Å²) in [6.45, 7) is 7.01. The Labute approximate surface area is 207 Å². The maximum absolute atomic E-state index is 11.1. The molecule has 0 aliphatic carbocycles. The zero-order valence-electron chi connectivity index (χ0n) is 19.1. The first-order valence-corrected chi connectivity index (χ1v) is 12.7. The van der Waals surface area contributed by atoms with E-state index in [-0.39, 0.29) is 6.61 Å². The highest BCUT2D eigenvalue weighted by Crippen LogP contribution is 2.29. The van der Waals surface area contributed by atoms with Gasteiger partial charge in [-0.3, -0.25) is 9.80 Å². The minimum absolute atomic E-state index is 0.249. The molecule has 180 valence electrons. The third-order valence-corrected chi connectivity index (χ3v) is 7.33. The van der Waals surface area contributed by atoms with Gasteiger partial charge >= 0.3 is 0 Å². The highest BCUT2D eigenvalue weighted by atomic mass is 35.5. The molecular weight excluding hydrogens is 459 g/mol. The lowest BCUT2D eigenvalue weighted by Crippen LogP contribution is -2.37. The van der Waals surface area contributed by atoms with E-state index in [0.29, 0.717) is 28.6 Å².